The molecule has 1 aromatic heterocycles. The van der Waals surface area contributed by atoms with Crippen LogP contribution >= 0.6 is 0 Å². The topological polar surface area (TPSA) is 78.1 Å². The van der Waals surface area contributed by atoms with E-state index < -0.39 is 10.0 Å². The van der Waals surface area contributed by atoms with Crippen molar-refractivity contribution in [2.75, 3.05) is 13.1 Å². The van der Waals surface area contributed by atoms with Crippen LogP contribution in [0.15, 0.2) is 22.9 Å². The minimum absolute atomic E-state index is 0.209. The molecule has 0 radical (unpaired) electrons. The molecule has 1 aliphatic heterocycles. The van der Waals surface area contributed by atoms with Gasteiger partial charge in [0.15, 0.2) is 5.03 Å². The number of aromatic nitrogens is 2. The molecule has 0 atom stereocenters. The van der Waals surface area contributed by atoms with Crippen LogP contribution < -0.4 is 5.32 Å². The molecule has 7 heteroatoms. The van der Waals surface area contributed by atoms with Crippen molar-refractivity contribution in [3.05, 3.63) is 23.4 Å². The molecule has 0 fully saturated rings. The van der Waals surface area contributed by atoms with Crippen LogP contribution in [-0.2, 0) is 16.6 Å². The molecule has 2 rings (SSSR count). The molecule has 0 unspecified atom stereocenters. The molecule has 0 aromatic carbocycles. The quantitative estimate of drug-likeness (QED) is 0.802. The summed E-state index contributed by atoms with van der Waals surface area (Å²) in [4.78, 5) is 0. The number of sulfonamides is 1. The summed E-state index contributed by atoms with van der Waals surface area (Å²) in [6, 6.07) is 0.292. The number of hydrogen-bond acceptors (Lipinski definition) is 4. The van der Waals surface area contributed by atoms with E-state index in [2.05, 4.69) is 21.6 Å². The molecule has 0 saturated heterocycles. The summed E-state index contributed by atoms with van der Waals surface area (Å²) in [6.45, 7) is 7.47. The zero-order valence-corrected chi connectivity index (χ0v) is 13.0. The smallest absolute Gasteiger partial charge is 0.260 e. The average Bonchev–Trinajstić information content (AvgIpc) is 2.85. The zero-order chi connectivity index (χ0) is 14.8. The molecule has 6 nitrogen and oxygen atoms in total. The van der Waals surface area contributed by atoms with Crippen LogP contribution in [0.1, 0.15) is 32.8 Å². The Morgan fingerprint density at radius 2 is 2.25 bits per heavy atom. The van der Waals surface area contributed by atoms with E-state index >= 15 is 0 Å². The van der Waals surface area contributed by atoms with Crippen LogP contribution in [0.2, 0.25) is 0 Å². The molecule has 112 valence electrons. The molecule has 0 saturated carbocycles. The van der Waals surface area contributed by atoms with Crippen molar-refractivity contribution in [1.82, 2.24) is 19.8 Å². The maximum absolute atomic E-state index is 12.7. The Bertz CT molecular complexity index is 589. The molecule has 0 aliphatic carbocycles. The van der Waals surface area contributed by atoms with E-state index in [1.807, 2.05) is 20.8 Å². The van der Waals surface area contributed by atoms with E-state index in [1.165, 1.54) is 4.31 Å². The molecular formula is C13H22N4O2S. The SMILES string of the molecule is CC1=CCCN(S(=O)(=O)c2[nH]ncc2CNC(C)C)C1. The predicted molar refractivity (Wildman–Crippen MR) is 77.7 cm³/mol. The van der Waals surface area contributed by atoms with Crippen molar-refractivity contribution in [3.8, 4) is 0 Å². The number of aromatic amines is 1. The fourth-order valence-electron chi connectivity index (χ4n) is 2.17. The maximum atomic E-state index is 12.7. The highest BCUT2D eigenvalue weighted by Gasteiger charge is 2.29. The Balaban J connectivity index is 2.22. The van der Waals surface area contributed by atoms with E-state index in [9.17, 15) is 8.42 Å². The molecular weight excluding hydrogens is 276 g/mol. The Hall–Kier alpha value is -1.18. The number of rotatable bonds is 5. The van der Waals surface area contributed by atoms with Gasteiger partial charge in [-0.25, -0.2) is 8.42 Å². The second-order valence-corrected chi connectivity index (χ2v) is 7.31. The number of nitrogens with zero attached hydrogens (tertiary/aromatic N) is 2. The van der Waals surface area contributed by atoms with E-state index in [1.54, 1.807) is 6.20 Å². The minimum Gasteiger partial charge on any atom is -0.310 e. The van der Waals surface area contributed by atoms with Gasteiger partial charge in [0.05, 0.1) is 6.20 Å². The number of hydrogen-bond donors (Lipinski definition) is 2. The first-order chi connectivity index (χ1) is 9.41. The first-order valence-corrected chi connectivity index (χ1v) is 8.26. The third kappa shape index (κ3) is 3.28. The van der Waals surface area contributed by atoms with Crippen molar-refractivity contribution in [2.24, 2.45) is 0 Å². The molecule has 1 aromatic rings. The third-order valence-corrected chi connectivity index (χ3v) is 5.13. The first-order valence-electron chi connectivity index (χ1n) is 6.82. The number of H-pyrrole nitrogens is 1. The van der Waals surface area contributed by atoms with Crippen molar-refractivity contribution in [2.45, 2.75) is 44.8 Å². The molecule has 1 aliphatic rings. The van der Waals surface area contributed by atoms with Crippen LogP contribution in [0.3, 0.4) is 0 Å². The van der Waals surface area contributed by atoms with Gasteiger partial charge in [0.25, 0.3) is 10.0 Å². The van der Waals surface area contributed by atoms with Crippen molar-refractivity contribution >= 4 is 10.0 Å². The second-order valence-electron chi connectivity index (χ2n) is 5.44. The van der Waals surface area contributed by atoms with E-state index in [0.717, 1.165) is 12.0 Å². The highest BCUT2D eigenvalue weighted by atomic mass is 32.2. The van der Waals surface area contributed by atoms with Gasteiger partial charge in [-0.3, -0.25) is 5.10 Å². The first kappa shape index (κ1) is 15.2. The normalized spacial score (nSPS) is 17.5. The van der Waals surface area contributed by atoms with Gasteiger partial charge in [-0.05, 0) is 13.3 Å². The summed E-state index contributed by atoms with van der Waals surface area (Å²) >= 11 is 0. The largest absolute Gasteiger partial charge is 0.310 e. The van der Waals surface area contributed by atoms with Crippen LogP contribution in [0, 0.1) is 0 Å². The Labute approximate surface area is 120 Å². The van der Waals surface area contributed by atoms with Crippen molar-refractivity contribution in [1.29, 1.82) is 0 Å². The monoisotopic (exact) mass is 298 g/mol. The molecule has 2 heterocycles. The van der Waals surface area contributed by atoms with E-state index in [-0.39, 0.29) is 5.03 Å². The highest BCUT2D eigenvalue weighted by molar-refractivity contribution is 7.89. The summed E-state index contributed by atoms with van der Waals surface area (Å²) in [6.07, 6.45) is 4.42. The minimum atomic E-state index is -3.50. The highest BCUT2D eigenvalue weighted by Crippen LogP contribution is 2.21. The molecule has 20 heavy (non-hydrogen) atoms. The summed E-state index contributed by atoms with van der Waals surface area (Å²) < 4.78 is 26.8. The van der Waals surface area contributed by atoms with E-state index in [0.29, 0.717) is 31.2 Å². The lowest BCUT2D eigenvalue weighted by Gasteiger charge is -2.25. The summed E-state index contributed by atoms with van der Waals surface area (Å²) in [5.41, 5.74) is 1.77. The Morgan fingerprint density at radius 3 is 2.90 bits per heavy atom. The zero-order valence-electron chi connectivity index (χ0n) is 12.2. The average molecular weight is 298 g/mol. The van der Waals surface area contributed by atoms with Gasteiger partial charge in [-0.1, -0.05) is 25.5 Å². The lowest BCUT2D eigenvalue weighted by Crippen LogP contribution is -2.36. The van der Waals surface area contributed by atoms with E-state index in [4.69, 9.17) is 0 Å². The van der Waals surface area contributed by atoms with Crippen molar-refractivity contribution in [3.63, 3.8) is 0 Å². The van der Waals surface area contributed by atoms with Crippen LogP contribution in [0.5, 0.6) is 0 Å². The summed E-state index contributed by atoms with van der Waals surface area (Å²) in [7, 11) is -3.50. The van der Waals surface area contributed by atoms with Crippen LogP contribution in [0.25, 0.3) is 0 Å². The molecule has 2 N–H and O–H groups in total. The van der Waals surface area contributed by atoms with Gasteiger partial charge in [0.1, 0.15) is 0 Å². The van der Waals surface area contributed by atoms with Gasteiger partial charge in [-0.2, -0.15) is 9.40 Å². The third-order valence-electron chi connectivity index (χ3n) is 3.27. The fourth-order valence-corrected chi connectivity index (χ4v) is 3.78. The van der Waals surface area contributed by atoms with Gasteiger partial charge in [-0.15, -0.1) is 0 Å². The molecule has 0 spiro atoms. The maximum Gasteiger partial charge on any atom is 0.260 e. The van der Waals surface area contributed by atoms with Crippen molar-refractivity contribution < 1.29 is 8.42 Å². The summed E-state index contributed by atoms with van der Waals surface area (Å²) in [5, 5.41) is 9.96. The van der Waals surface area contributed by atoms with Gasteiger partial charge < -0.3 is 5.32 Å². The fraction of sp³-hybridized carbons (Fsp3) is 0.615. The lowest BCUT2D eigenvalue weighted by atomic mass is 10.2. The molecule has 0 amide bonds. The van der Waals surface area contributed by atoms with Crippen LogP contribution in [-0.4, -0.2) is 42.1 Å². The standard InChI is InChI=1S/C13H22N4O2S/c1-10(2)14-7-12-8-15-16-13(12)20(18,19)17-6-4-5-11(3)9-17/h5,8,10,14H,4,6-7,9H2,1-3H3,(H,15,16). The van der Waals surface area contributed by atoms with Gasteiger partial charge in [0, 0.05) is 31.2 Å². The van der Waals surface area contributed by atoms with Crippen LogP contribution in [0.4, 0.5) is 0 Å². The van der Waals surface area contributed by atoms with Gasteiger partial charge in [0.2, 0.25) is 0 Å². The number of nitrogens with one attached hydrogen (secondary N) is 2. The van der Waals surface area contributed by atoms with Gasteiger partial charge >= 0.3 is 0 Å². The second kappa shape index (κ2) is 6.07. The predicted octanol–water partition coefficient (Wildman–Crippen LogP) is 1.25. The Morgan fingerprint density at radius 1 is 1.50 bits per heavy atom. The summed E-state index contributed by atoms with van der Waals surface area (Å²) in [5.74, 6) is 0. The molecule has 0 bridgehead atoms. The Kier molecular flexibility index (Phi) is 4.62. The lowest BCUT2D eigenvalue weighted by molar-refractivity contribution is 0.424.